The number of carbonyl (C=O) groups excluding carboxylic acids is 1. The maximum atomic E-state index is 12.9. The van der Waals surface area contributed by atoms with Gasteiger partial charge < -0.3 is 14.0 Å². The summed E-state index contributed by atoms with van der Waals surface area (Å²) in [5, 5.41) is 9.00. The van der Waals surface area contributed by atoms with E-state index >= 15 is 0 Å². The third-order valence-electron chi connectivity index (χ3n) is 5.11. The Balaban J connectivity index is 1.80. The van der Waals surface area contributed by atoms with Gasteiger partial charge in [-0.1, -0.05) is 30.3 Å². The normalized spacial score (nSPS) is 11.6. The van der Waals surface area contributed by atoms with Crippen molar-refractivity contribution in [2.45, 2.75) is 26.8 Å². The average Bonchev–Trinajstić information content (AvgIpc) is 3.05. The number of nitriles is 1. The number of rotatable bonds is 7. The molecular weight excluding hydrogens is 364 g/mol. The lowest BCUT2D eigenvalue weighted by Gasteiger charge is -2.19. The van der Waals surface area contributed by atoms with Crippen molar-refractivity contribution < 1.29 is 14.3 Å². The van der Waals surface area contributed by atoms with Crippen LogP contribution in [-0.4, -0.2) is 24.1 Å². The highest BCUT2D eigenvalue weighted by atomic mass is 16.5. The van der Waals surface area contributed by atoms with E-state index in [2.05, 4.69) is 29.7 Å². The molecule has 5 heteroatoms. The molecule has 5 nitrogen and oxygen atoms in total. The van der Waals surface area contributed by atoms with E-state index in [9.17, 15) is 4.79 Å². The van der Waals surface area contributed by atoms with Crippen LogP contribution in [-0.2, 0) is 0 Å². The van der Waals surface area contributed by atoms with Gasteiger partial charge >= 0.3 is 0 Å². The highest BCUT2D eigenvalue weighted by Crippen LogP contribution is 2.29. The second kappa shape index (κ2) is 8.66. The van der Waals surface area contributed by atoms with E-state index in [0.29, 0.717) is 22.6 Å². The Bertz CT molecular complexity index is 1060. The fourth-order valence-corrected chi connectivity index (χ4v) is 3.61. The van der Waals surface area contributed by atoms with Gasteiger partial charge in [-0.25, -0.2) is 0 Å². The lowest BCUT2D eigenvalue weighted by molar-refractivity contribution is 0.0918. The van der Waals surface area contributed by atoms with Gasteiger partial charge in [-0.05, 0) is 44.5 Å². The minimum atomic E-state index is -0.105. The number of nitrogens with zero attached hydrogens (tertiary/aromatic N) is 2. The first kappa shape index (κ1) is 20.2. The molecule has 0 saturated heterocycles. The molecule has 0 bridgehead atoms. The third kappa shape index (κ3) is 4.17. The minimum Gasteiger partial charge on any atom is -0.493 e. The van der Waals surface area contributed by atoms with E-state index in [1.54, 1.807) is 18.2 Å². The lowest BCUT2D eigenvalue weighted by atomic mass is 10.1. The minimum absolute atomic E-state index is 0.101. The predicted octanol–water partition coefficient (Wildman–Crippen LogP) is 4.86. The molecule has 1 unspecified atom stereocenters. The third-order valence-corrected chi connectivity index (χ3v) is 5.11. The van der Waals surface area contributed by atoms with Gasteiger partial charge in [0.05, 0.1) is 24.8 Å². The largest absolute Gasteiger partial charge is 0.493 e. The Morgan fingerprint density at radius 3 is 2.48 bits per heavy atom. The van der Waals surface area contributed by atoms with Crippen LogP contribution >= 0.6 is 0 Å². The fraction of sp³-hybridized carbons (Fsp3) is 0.250. The second-order valence-corrected chi connectivity index (χ2v) is 6.93. The molecule has 0 saturated carbocycles. The number of Topliss-reactive ketones (excluding diaryl/α,β-unsaturated/α-hetero) is 1. The maximum absolute atomic E-state index is 12.9. The summed E-state index contributed by atoms with van der Waals surface area (Å²) in [6, 6.07) is 19.2. The van der Waals surface area contributed by atoms with Crippen molar-refractivity contribution in [3.8, 4) is 17.6 Å². The van der Waals surface area contributed by atoms with Crippen LogP contribution in [0.2, 0.25) is 0 Å². The predicted molar refractivity (Wildman–Crippen MR) is 112 cm³/mol. The van der Waals surface area contributed by atoms with E-state index < -0.39 is 0 Å². The summed E-state index contributed by atoms with van der Waals surface area (Å²) < 4.78 is 13.1. The molecule has 0 amide bonds. The molecule has 0 aliphatic rings. The van der Waals surface area contributed by atoms with Gasteiger partial charge in [0, 0.05) is 23.0 Å². The molecule has 0 fully saturated rings. The summed E-state index contributed by atoms with van der Waals surface area (Å²) in [5.41, 5.74) is 4.25. The first-order valence-corrected chi connectivity index (χ1v) is 9.43. The van der Waals surface area contributed by atoms with Crippen LogP contribution in [0.15, 0.2) is 54.6 Å². The topological polar surface area (TPSA) is 64.2 Å². The van der Waals surface area contributed by atoms with E-state index in [1.807, 2.05) is 38.1 Å². The zero-order valence-corrected chi connectivity index (χ0v) is 17.1. The number of aromatic nitrogens is 1. The van der Waals surface area contributed by atoms with Crippen molar-refractivity contribution in [1.82, 2.24) is 4.57 Å². The number of methoxy groups -OCH3 is 1. The van der Waals surface area contributed by atoms with Crippen LogP contribution in [0.3, 0.4) is 0 Å². The van der Waals surface area contributed by atoms with E-state index in [-0.39, 0.29) is 18.4 Å². The standard InChI is InChI=1S/C24H24N2O3/c1-16-12-21(18(3)26(16)17(2)20-8-6-5-7-9-20)22(27)15-29-23-11-10-19(14-25)13-24(23)28-4/h5-13,17H,15H2,1-4H3. The molecule has 0 radical (unpaired) electrons. The first-order chi connectivity index (χ1) is 14.0. The van der Waals surface area contributed by atoms with Crippen LogP contribution in [0.1, 0.15) is 45.8 Å². The van der Waals surface area contributed by atoms with Crippen LogP contribution in [0.5, 0.6) is 11.5 Å². The number of ether oxygens (including phenoxy) is 2. The number of hydrogen-bond donors (Lipinski definition) is 0. The summed E-state index contributed by atoms with van der Waals surface area (Å²) in [6.45, 7) is 5.99. The van der Waals surface area contributed by atoms with Gasteiger partial charge in [0.1, 0.15) is 0 Å². The van der Waals surface area contributed by atoms with Crippen molar-refractivity contribution in [2.75, 3.05) is 13.7 Å². The quantitative estimate of drug-likeness (QED) is 0.543. The molecule has 3 rings (SSSR count). The monoisotopic (exact) mass is 388 g/mol. The molecule has 1 heterocycles. The summed E-state index contributed by atoms with van der Waals surface area (Å²) in [5.74, 6) is 0.766. The van der Waals surface area contributed by atoms with Gasteiger partial charge in [0.2, 0.25) is 5.78 Å². The van der Waals surface area contributed by atoms with Crippen LogP contribution in [0, 0.1) is 25.2 Å². The summed E-state index contributed by atoms with van der Waals surface area (Å²) in [6.07, 6.45) is 0. The maximum Gasteiger partial charge on any atom is 0.202 e. The van der Waals surface area contributed by atoms with Crippen LogP contribution in [0.25, 0.3) is 0 Å². The van der Waals surface area contributed by atoms with Gasteiger partial charge in [0.15, 0.2) is 18.1 Å². The van der Waals surface area contributed by atoms with Crippen LogP contribution < -0.4 is 9.47 Å². The molecule has 2 aromatic carbocycles. The second-order valence-electron chi connectivity index (χ2n) is 6.93. The molecule has 3 aromatic rings. The summed E-state index contributed by atoms with van der Waals surface area (Å²) >= 11 is 0. The van der Waals surface area contributed by atoms with Gasteiger partial charge in [-0.15, -0.1) is 0 Å². The van der Waals surface area contributed by atoms with E-state index in [0.717, 1.165) is 11.4 Å². The Kier molecular flexibility index (Phi) is 6.04. The molecule has 29 heavy (non-hydrogen) atoms. The Labute approximate surface area is 171 Å². The first-order valence-electron chi connectivity index (χ1n) is 9.43. The molecular formula is C24H24N2O3. The average molecular weight is 388 g/mol. The van der Waals surface area contributed by atoms with Gasteiger partial charge in [0.25, 0.3) is 0 Å². The van der Waals surface area contributed by atoms with Crippen molar-refractivity contribution in [3.05, 3.63) is 82.7 Å². The molecule has 148 valence electrons. The van der Waals surface area contributed by atoms with Crippen LogP contribution in [0.4, 0.5) is 0 Å². The zero-order valence-electron chi connectivity index (χ0n) is 17.1. The van der Waals surface area contributed by atoms with E-state index in [1.165, 1.54) is 12.7 Å². The van der Waals surface area contributed by atoms with Gasteiger partial charge in [-0.3, -0.25) is 4.79 Å². The number of aryl methyl sites for hydroxylation is 1. The number of ketones is 1. The Morgan fingerprint density at radius 1 is 1.10 bits per heavy atom. The Morgan fingerprint density at radius 2 is 1.83 bits per heavy atom. The SMILES string of the molecule is COc1cc(C#N)ccc1OCC(=O)c1cc(C)n(C(C)c2ccccc2)c1C. The Hall–Kier alpha value is -3.52. The number of hydrogen-bond acceptors (Lipinski definition) is 4. The highest BCUT2D eigenvalue weighted by Gasteiger charge is 2.20. The molecule has 1 aromatic heterocycles. The molecule has 0 aliphatic carbocycles. The lowest BCUT2D eigenvalue weighted by Crippen LogP contribution is -2.15. The van der Waals surface area contributed by atoms with Crippen molar-refractivity contribution in [1.29, 1.82) is 5.26 Å². The molecule has 0 aliphatic heterocycles. The van der Waals surface area contributed by atoms with E-state index in [4.69, 9.17) is 14.7 Å². The fourth-order valence-electron chi connectivity index (χ4n) is 3.61. The van der Waals surface area contributed by atoms with Crippen molar-refractivity contribution in [2.24, 2.45) is 0 Å². The summed E-state index contributed by atoms with van der Waals surface area (Å²) in [7, 11) is 1.50. The number of benzene rings is 2. The molecule has 0 N–H and O–H groups in total. The van der Waals surface area contributed by atoms with Crippen molar-refractivity contribution >= 4 is 5.78 Å². The van der Waals surface area contributed by atoms with Gasteiger partial charge in [-0.2, -0.15) is 5.26 Å². The zero-order chi connectivity index (χ0) is 21.0. The molecule has 1 atom stereocenters. The summed E-state index contributed by atoms with van der Waals surface area (Å²) in [4.78, 5) is 12.9. The smallest absolute Gasteiger partial charge is 0.202 e. The molecule has 0 spiro atoms. The highest BCUT2D eigenvalue weighted by molar-refractivity contribution is 5.98. The number of carbonyl (C=O) groups is 1. The van der Waals surface area contributed by atoms with Crippen molar-refractivity contribution in [3.63, 3.8) is 0 Å².